The first-order valence-corrected chi connectivity index (χ1v) is 11.4. The number of halogens is 1. The van der Waals surface area contributed by atoms with Gasteiger partial charge in [-0.3, -0.25) is 4.79 Å². The summed E-state index contributed by atoms with van der Waals surface area (Å²) in [5.74, 6) is 1.26. The summed E-state index contributed by atoms with van der Waals surface area (Å²) in [6.07, 6.45) is 0. The van der Waals surface area contributed by atoms with Crippen molar-refractivity contribution in [2.45, 2.75) is 12.1 Å². The van der Waals surface area contributed by atoms with Crippen LogP contribution in [0.3, 0.4) is 0 Å². The van der Waals surface area contributed by atoms with Crippen LogP contribution in [0, 0.1) is 12.7 Å². The number of rotatable bonds is 8. The van der Waals surface area contributed by atoms with Gasteiger partial charge in [-0.2, -0.15) is 0 Å². The normalized spacial score (nSPS) is 10.8. The van der Waals surface area contributed by atoms with E-state index in [1.54, 1.807) is 36.0 Å². The lowest BCUT2D eigenvalue weighted by atomic mass is 10.1. The number of nitrogens with one attached hydrogen (secondary N) is 1. The van der Waals surface area contributed by atoms with Gasteiger partial charge < -0.3 is 14.6 Å². The highest BCUT2D eigenvalue weighted by Crippen LogP contribution is 2.24. The maximum atomic E-state index is 13.8. The highest BCUT2D eigenvalue weighted by atomic mass is 32.2. The van der Waals surface area contributed by atoms with Crippen molar-refractivity contribution in [3.05, 3.63) is 89.7 Å². The number of aryl methyl sites for hydroxylation is 1. The van der Waals surface area contributed by atoms with Gasteiger partial charge in [-0.1, -0.05) is 36.0 Å². The van der Waals surface area contributed by atoms with Gasteiger partial charge in [-0.05, 0) is 61.0 Å². The van der Waals surface area contributed by atoms with E-state index in [0.717, 1.165) is 27.8 Å². The van der Waals surface area contributed by atoms with Crippen LogP contribution >= 0.6 is 11.8 Å². The van der Waals surface area contributed by atoms with Gasteiger partial charge in [0.2, 0.25) is 0 Å². The lowest BCUT2D eigenvalue weighted by Gasteiger charge is -2.08. The first-order chi connectivity index (χ1) is 16.0. The van der Waals surface area contributed by atoms with E-state index >= 15 is 0 Å². The second-order valence-corrected chi connectivity index (χ2v) is 8.45. The number of carbonyl (C=O) groups excluding carboxylic acids is 1. The Labute approximate surface area is 195 Å². The predicted molar refractivity (Wildman–Crippen MR) is 128 cm³/mol. The van der Waals surface area contributed by atoms with Gasteiger partial charge >= 0.3 is 0 Å². The van der Waals surface area contributed by atoms with Gasteiger partial charge in [0.05, 0.1) is 12.2 Å². The van der Waals surface area contributed by atoms with Crippen LogP contribution in [0.15, 0.2) is 78.0 Å². The Balaban J connectivity index is 1.35. The molecule has 4 aromatic rings. The molecule has 1 amide bonds. The number of ether oxygens (including phenoxy) is 1. The Hall–Kier alpha value is -3.65. The molecule has 4 rings (SSSR count). The number of aromatic nitrogens is 3. The van der Waals surface area contributed by atoms with Crippen LogP contribution in [0.2, 0.25) is 0 Å². The minimum Gasteiger partial charge on any atom is -0.493 e. The van der Waals surface area contributed by atoms with Crippen LogP contribution in [0.1, 0.15) is 15.9 Å². The summed E-state index contributed by atoms with van der Waals surface area (Å²) < 4.78 is 21.5. The molecule has 6 nitrogen and oxygen atoms in total. The zero-order valence-corrected chi connectivity index (χ0v) is 19.1. The summed E-state index contributed by atoms with van der Waals surface area (Å²) in [4.78, 5) is 12.3. The number of thioether (sulfide) groups is 1. The molecule has 0 radical (unpaired) electrons. The molecule has 0 aliphatic carbocycles. The SMILES string of the molecule is Cc1cccc(OCCSc2nnc(-c3ccc(NC(=O)c4ccccc4F)cc3)n2C)c1. The standard InChI is InChI=1S/C25H23FN4O2S/c1-17-6-5-7-20(16-17)32-14-15-33-25-29-28-23(30(25)2)18-10-12-19(13-11-18)27-24(31)21-8-3-4-9-22(21)26/h3-13,16H,14-15H2,1-2H3,(H,27,31). The van der Waals surface area contributed by atoms with Gasteiger partial charge in [0.1, 0.15) is 11.6 Å². The first-order valence-electron chi connectivity index (χ1n) is 10.4. The van der Waals surface area contributed by atoms with Gasteiger partial charge in [0, 0.05) is 24.1 Å². The lowest BCUT2D eigenvalue weighted by Crippen LogP contribution is -2.13. The Morgan fingerprint density at radius 3 is 2.61 bits per heavy atom. The van der Waals surface area contributed by atoms with E-state index in [-0.39, 0.29) is 5.56 Å². The third kappa shape index (κ3) is 5.59. The van der Waals surface area contributed by atoms with Crippen molar-refractivity contribution in [3.63, 3.8) is 0 Å². The van der Waals surface area contributed by atoms with E-state index in [0.29, 0.717) is 18.1 Å². The third-order valence-corrected chi connectivity index (χ3v) is 5.91. The van der Waals surface area contributed by atoms with Gasteiger partial charge in [0.15, 0.2) is 11.0 Å². The van der Waals surface area contributed by atoms with E-state index in [1.807, 2.05) is 54.9 Å². The third-order valence-electron chi connectivity index (χ3n) is 4.93. The highest BCUT2D eigenvalue weighted by molar-refractivity contribution is 7.99. The van der Waals surface area contributed by atoms with E-state index in [2.05, 4.69) is 15.5 Å². The summed E-state index contributed by atoms with van der Waals surface area (Å²) in [5, 5.41) is 12.1. The largest absolute Gasteiger partial charge is 0.493 e. The fourth-order valence-corrected chi connectivity index (χ4v) is 3.96. The van der Waals surface area contributed by atoms with Crippen LogP contribution in [0.4, 0.5) is 10.1 Å². The van der Waals surface area contributed by atoms with E-state index in [4.69, 9.17) is 4.74 Å². The van der Waals surface area contributed by atoms with Crippen LogP contribution in [-0.4, -0.2) is 33.0 Å². The van der Waals surface area contributed by atoms with Crippen LogP contribution in [0.5, 0.6) is 5.75 Å². The van der Waals surface area contributed by atoms with Gasteiger partial charge in [-0.25, -0.2) is 4.39 Å². The van der Waals surface area contributed by atoms with Crippen molar-refractivity contribution in [1.82, 2.24) is 14.8 Å². The van der Waals surface area contributed by atoms with Crippen molar-refractivity contribution in [2.75, 3.05) is 17.7 Å². The second-order valence-electron chi connectivity index (χ2n) is 7.39. The number of benzene rings is 3. The number of nitrogens with zero attached hydrogens (tertiary/aromatic N) is 3. The molecule has 0 saturated carbocycles. The molecule has 168 valence electrons. The summed E-state index contributed by atoms with van der Waals surface area (Å²) in [7, 11) is 1.91. The van der Waals surface area contributed by atoms with Crippen LogP contribution < -0.4 is 10.1 Å². The fraction of sp³-hybridized carbons (Fsp3) is 0.160. The molecule has 1 aromatic heterocycles. The van der Waals surface area contributed by atoms with Gasteiger partial charge in [0.25, 0.3) is 5.91 Å². The average molecular weight is 463 g/mol. The molecule has 0 spiro atoms. The van der Waals surface area contributed by atoms with Crippen molar-refractivity contribution in [1.29, 1.82) is 0 Å². The minimum absolute atomic E-state index is 0.00271. The molecule has 1 heterocycles. The highest BCUT2D eigenvalue weighted by Gasteiger charge is 2.13. The maximum Gasteiger partial charge on any atom is 0.258 e. The molecule has 0 aliphatic rings. The molecule has 0 atom stereocenters. The monoisotopic (exact) mass is 462 g/mol. The van der Waals surface area contributed by atoms with Crippen molar-refractivity contribution >= 4 is 23.4 Å². The molecule has 0 aliphatic heterocycles. The average Bonchev–Trinajstić information content (AvgIpc) is 3.18. The fourth-order valence-electron chi connectivity index (χ4n) is 3.24. The second kappa shape index (κ2) is 10.3. The van der Waals surface area contributed by atoms with E-state index in [1.165, 1.54) is 12.1 Å². The summed E-state index contributed by atoms with van der Waals surface area (Å²) in [6, 6.07) is 21.0. The van der Waals surface area contributed by atoms with Crippen molar-refractivity contribution < 1.29 is 13.9 Å². The van der Waals surface area contributed by atoms with E-state index in [9.17, 15) is 9.18 Å². The molecule has 1 N–H and O–H groups in total. The zero-order valence-electron chi connectivity index (χ0n) is 18.3. The molecule has 0 saturated heterocycles. The Morgan fingerprint density at radius 2 is 1.85 bits per heavy atom. The molecule has 0 fully saturated rings. The molecular weight excluding hydrogens is 439 g/mol. The summed E-state index contributed by atoms with van der Waals surface area (Å²) in [6.45, 7) is 2.60. The molecule has 8 heteroatoms. The van der Waals surface area contributed by atoms with E-state index < -0.39 is 11.7 Å². The molecule has 0 bridgehead atoms. The predicted octanol–water partition coefficient (Wildman–Crippen LogP) is 5.35. The lowest BCUT2D eigenvalue weighted by molar-refractivity contribution is 0.102. The minimum atomic E-state index is -0.556. The number of carbonyl (C=O) groups is 1. The number of hydrogen-bond acceptors (Lipinski definition) is 5. The Kier molecular flexibility index (Phi) is 7.04. The molecular formula is C25H23FN4O2S. The van der Waals surface area contributed by atoms with Gasteiger partial charge in [-0.15, -0.1) is 10.2 Å². The zero-order chi connectivity index (χ0) is 23.2. The molecule has 3 aromatic carbocycles. The summed E-state index contributed by atoms with van der Waals surface area (Å²) in [5.41, 5.74) is 2.59. The maximum absolute atomic E-state index is 13.8. The Morgan fingerprint density at radius 1 is 1.06 bits per heavy atom. The number of hydrogen-bond donors (Lipinski definition) is 1. The summed E-state index contributed by atoms with van der Waals surface area (Å²) >= 11 is 1.57. The van der Waals surface area contributed by atoms with Crippen LogP contribution in [0.25, 0.3) is 11.4 Å². The Bertz CT molecular complexity index is 1260. The first kappa shape index (κ1) is 22.5. The van der Waals surface area contributed by atoms with Crippen LogP contribution in [-0.2, 0) is 7.05 Å². The topological polar surface area (TPSA) is 69.0 Å². The van der Waals surface area contributed by atoms with Crippen molar-refractivity contribution in [2.24, 2.45) is 7.05 Å². The molecule has 0 unspecified atom stereocenters. The smallest absolute Gasteiger partial charge is 0.258 e. The van der Waals surface area contributed by atoms with Crippen molar-refractivity contribution in [3.8, 4) is 17.1 Å². The quantitative estimate of drug-likeness (QED) is 0.282. The number of amides is 1. The molecule has 33 heavy (non-hydrogen) atoms. The number of anilines is 1.